The lowest BCUT2D eigenvalue weighted by Gasteiger charge is -2.24. The van der Waals surface area contributed by atoms with E-state index in [4.69, 9.17) is 28.6 Å². The number of thiocarbonyl (C=S) groups is 1. The molecule has 2 saturated carbocycles. The molecule has 6 heteroatoms. The SMILES string of the molecule is COC(=O)c1cc(NC(=S)N[C@H]2C[C@@H]3CC[C@@H]2C3)ccc1Cl. The number of ether oxygens (including phenoxy) is 1. The van der Waals surface area contributed by atoms with Crippen molar-refractivity contribution in [1.29, 1.82) is 0 Å². The third-order valence-electron chi connectivity index (χ3n) is 4.68. The van der Waals surface area contributed by atoms with Crippen molar-refractivity contribution >= 4 is 40.6 Å². The summed E-state index contributed by atoms with van der Waals surface area (Å²) in [4.78, 5) is 11.7. The number of hydrogen-bond acceptors (Lipinski definition) is 3. The van der Waals surface area contributed by atoms with Gasteiger partial charge in [-0.1, -0.05) is 18.0 Å². The molecule has 0 saturated heterocycles. The predicted octanol–water partition coefficient (Wildman–Crippen LogP) is 3.60. The highest BCUT2D eigenvalue weighted by atomic mass is 35.5. The van der Waals surface area contributed by atoms with E-state index in [1.165, 1.54) is 32.8 Å². The van der Waals surface area contributed by atoms with E-state index >= 15 is 0 Å². The second kappa shape index (κ2) is 6.42. The van der Waals surface area contributed by atoms with Gasteiger partial charge in [0.05, 0.1) is 17.7 Å². The maximum absolute atomic E-state index is 11.7. The summed E-state index contributed by atoms with van der Waals surface area (Å²) in [5.74, 6) is 1.16. The molecule has 0 spiro atoms. The Morgan fingerprint density at radius 3 is 2.82 bits per heavy atom. The molecular formula is C16H19ClN2O2S. The predicted molar refractivity (Wildman–Crippen MR) is 91.4 cm³/mol. The van der Waals surface area contributed by atoms with Gasteiger partial charge in [0.15, 0.2) is 5.11 Å². The van der Waals surface area contributed by atoms with Crippen LogP contribution in [0.2, 0.25) is 5.02 Å². The summed E-state index contributed by atoms with van der Waals surface area (Å²) in [5.41, 5.74) is 1.06. The monoisotopic (exact) mass is 338 g/mol. The van der Waals surface area contributed by atoms with E-state index in [9.17, 15) is 4.79 Å². The number of rotatable bonds is 3. The first kappa shape index (κ1) is 15.6. The highest BCUT2D eigenvalue weighted by Crippen LogP contribution is 2.44. The molecule has 0 aliphatic heterocycles. The summed E-state index contributed by atoms with van der Waals surface area (Å²) in [6, 6.07) is 5.59. The molecule has 1 aromatic rings. The molecule has 0 radical (unpaired) electrons. The largest absolute Gasteiger partial charge is 0.465 e. The molecule has 1 aromatic carbocycles. The molecule has 0 aromatic heterocycles. The highest BCUT2D eigenvalue weighted by molar-refractivity contribution is 7.80. The molecule has 3 atom stereocenters. The third-order valence-corrected chi connectivity index (χ3v) is 5.23. The zero-order valence-electron chi connectivity index (χ0n) is 12.4. The fourth-order valence-electron chi connectivity index (χ4n) is 3.63. The molecule has 0 unspecified atom stereocenters. The van der Waals surface area contributed by atoms with E-state index in [1.807, 2.05) is 0 Å². The summed E-state index contributed by atoms with van der Waals surface area (Å²) in [6.45, 7) is 0. The summed E-state index contributed by atoms with van der Waals surface area (Å²) < 4.78 is 4.72. The van der Waals surface area contributed by atoms with Crippen LogP contribution in [0.3, 0.4) is 0 Å². The minimum absolute atomic E-state index is 0.330. The lowest BCUT2D eigenvalue weighted by Crippen LogP contribution is -2.40. The van der Waals surface area contributed by atoms with Crippen molar-refractivity contribution in [2.75, 3.05) is 12.4 Å². The minimum Gasteiger partial charge on any atom is -0.465 e. The van der Waals surface area contributed by atoms with Crippen LogP contribution in [0.4, 0.5) is 5.69 Å². The molecule has 2 N–H and O–H groups in total. The van der Waals surface area contributed by atoms with Gasteiger partial charge in [0.2, 0.25) is 0 Å². The smallest absolute Gasteiger partial charge is 0.339 e. The van der Waals surface area contributed by atoms with Crippen molar-refractivity contribution in [2.45, 2.75) is 31.7 Å². The number of esters is 1. The van der Waals surface area contributed by atoms with Crippen molar-refractivity contribution in [3.63, 3.8) is 0 Å². The van der Waals surface area contributed by atoms with Gasteiger partial charge in [0.1, 0.15) is 0 Å². The van der Waals surface area contributed by atoms with Gasteiger partial charge in [-0.25, -0.2) is 4.79 Å². The number of methoxy groups -OCH3 is 1. The fourth-order valence-corrected chi connectivity index (χ4v) is 4.09. The van der Waals surface area contributed by atoms with Crippen LogP contribution < -0.4 is 10.6 Å². The number of halogens is 1. The molecule has 4 nitrogen and oxygen atoms in total. The van der Waals surface area contributed by atoms with E-state index in [2.05, 4.69) is 10.6 Å². The third kappa shape index (κ3) is 3.20. The Morgan fingerprint density at radius 1 is 1.36 bits per heavy atom. The lowest BCUT2D eigenvalue weighted by molar-refractivity contribution is 0.0601. The summed E-state index contributed by atoms with van der Waals surface area (Å²) in [7, 11) is 1.33. The van der Waals surface area contributed by atoms with Gasteiger partial charge in [-0.2, -0.15) is 0 Å². The van der Waals surface area contributed by atoms with E-state index in [0.717, 1.165) is 17.5 Å². The number of anilines is 1. The maximum atomic E-state index is 11.7. The number of hydrogen-bond donors (Lipinski definition) is 2. The Kier molecular flexibility index (Phi) is 4.54. The molecular weight excluding hydrogens is 320 g/mol. The average molecular weight is 339 g/mol. The average Bonchev–Trinajstić information content (AvgIpc) is 3.11. The Morgan fingerprint density at radius 2 is 2.18 bits per heavy atom. The Labute approximate surface area is 140 Å². The van der Waals surface area contributed by atoms with Crippen LogP contribution in [0, 0.1) is 11.8 Å². The topological polar surface area (TPSA) is 50.4 Å². The normalized spacial score (nSPS) is 25.8. The van der Waals surface area contributed by atoms with Gasteiger partial charge in [-0.05, 0) is 61.5 Å². The molecule has 22 heavy (non-hydrogen) atoms. The van der Waals surface area contributed by atoms with Crippen LogP contribution in [0.1, 0.15) is 36.0 Å². The summed E-state index contributed by atoms with van der Waals surface area (Å²) in [6.07, 6.45) is 5.20. The van der Waals surface area contributed by atoms with Crippen LogP contribution in [-0.4, -0.2) is 24.2 Å². The first-order chi connectivity index (χ1) is 10.6. The fraction of sp³-hybridized carbons (Fsp3) is 0.500. The van der Waals surface area contributed by atoms with Crippen molar-refractivity contribution in [3.8, 4) is 0 Å². The van der Waals surface area contributed by atoms with E-state index in [0.29, 0.717) is 21.7 Å². The molecule has 2 bridgehead atoms. The Bertz CT molecular complexity index is 608. The van der Waals surface area contributed by atoms with Crippen molar-refractivity contribution in [1.82, 2.24) is 5.32 Å². The van der Waals surface area contributed by atoms with Gasteiger partial charge >= 0.3 is 5.97 Å². The van der Waals surface area contributed by atoms with Gasteiger partial charge in [0, 0.05) is 11.7 Å². The first-order valence-corrected chi connectivity index (χ1v) is 8.31. The zero-order chi connectivity index (χ0) is 15.7. The van der Waals surface area contributed by atoms with Crippen LogP contribution in [0.25, 0.3) is 0 Å². The molecule has 3 rings (SSSR count). The second-order valence-corrected chi connectivity index (χ2v) is 6.88. The standard InChI is InChI=1S/C16H19ClN2O2S/c1-21-15(20)12-8-11(4-5-13(12)17)18-16(22)19-14-7-9-2-3-10(14)6-9/h4-5,8-10,14H,2-3,6-7H2,1H3,(H2,18,19,22)/t9-,10-,14+/m1/s1. The van der Waals surface area contributed by atoms with Crippen LogP contribution in [0.5, 0.6) is 0 Å². The van der Waals surface area contributed by atoms with Crippen molar-refractivity contribution in [3.05, 3.63) is 28.8 Å². The van der Waals surface area contributed by atoms with E-state index in [1.54, 1.807) is 18.2 Å². The van der Waals surface area contributed by atoms with Crippen LogP contribution in [-0.2, 0) is 4.74 Å². The molecule has 118 valence electrons. The molecule has 2 fully saturated rings. The van der Waals surface area contributed by atoms with Gasteiger partial charge in [-0.15, -0.1) is 0 Å². The maximum Gasteiger partial charge on any atom is 0.339 e. The van der Waals surface area contributed by atoms with E-state index < -0.39 is 5.97 Å². The first-order valence-electron chi connectivity index (χ1n) is 7.52. The number of nitrogens with one attached hydrogen (secondary N) is 2. The Hall–Kier alpha value is -1.33. The minimum atomic E-state index is -0.458. The molecule has 0 heterocycles. The van der Waals surface area contributed by atoms with Crippen LogP contribution in [0.15, 0.2) is 18.2 Å². The molecule has 2 aliphatic rings. The number of carbonyl (C=O) groups is 1. The van der Waals surface area contributed by atoms with Gasteiger partial charge in [0.25, 0.3) is 0 Å². The van der Waals surface area contributed by atoms with Crippen LogP contribution >= 0.6 is 23.8 Å². The highest BCUT2D eigenvalue weighted by Gasteiger charge is 2.39. The lowest BCUT2D eigenvalue weighted by atomic mass is 9.96. The number of fused-ring (bicyclic) bond motifs is 2. The van der Waals surface area contributed by atoms with E-state index in [-0.39, 0.29) is 0 Å². The quantitative estimate of drug-likeness (QED) is 0.651. The van der Waals surface area contributed by atoms with Crippen molar-refractivity contribution in [2.24, 2.45) is 11.8 Å². The number of carbonyl (C=O) groups excluding carboxylic acids is 1. The summed E-state index contributed by atoms with van der Waals surface area (Å²) >= 11 is 11.4. The Balaban J connectivity index is 1.63. The second-order valence-electron chi connectivity index (χ2n) is 6.07. The van der Waals surface area contributed by atoms with Gasteiger partial charge in [-0.3, -0.25) is 0 Å². The molecule has 2 aliphatic carbocycles. The molecule has 0 amide bonds. The number of benzene rings is 1. The summed E-state index contributed by atoms with van der Waals surface area (Å²) in [5, 5.41) is 7.49. The van der Waals surface area contributed by atoms with Gasteiger partial charge < -0.3 is 15.4 Å². The van der Waals surface area contributed by atoms with Crippen molar-refractivity contribution < 1.29 is 9.53 Å². The zero-order valence-corrected chi connectivity index (χ0v) is 14.0.